The van der Waals surface area contributed by atoms with Crippen LogP contribution in [0.15, 0.2) is 0 Å². The minimum Gasteiger partial charge on any atom is -0.393 e. The first-order chi connectivity index (χ1) is 5.64. The molecule has 3 rings (SSSR count). The fraction of sp³-hybridized carbons (Fsp3) is 1.00. The van der Waals surface area contributed by atoms with Gasteiger partial charge in [0.1, 0.15) is 6.23 Å². The number of hydrogen-bond acceptors (Lipinski definition) is 3. The van der Waals surface area contributed by atoms with Gasteiger partial charge in [-0.2, -0.15) is 0 Å². The van der Waals surface area contributed by atoms with Gasteiger partial charge in [0.05, 0.1) is 6.10 Å². The molecule has 0 saturated heterocycles. The molecule has 70 valence electrons. The van der Waals surface area contributed by atoms with Crippen LogP contribution in [-0.4, -0.2) is 22.5 Å². The lowest BCUT2D eigenvalue weighted by molar-refractivity contribution is -0.108. The molecule has 3 aliphatic carbocycles. The van der Waals surface area contributed by atoms with E-state index in [1.165, 1.54) is 0 Å². The van der Waals surface area contributed by atoms with Crippen LogP contribution in [0.1, 0.15) is 32.1 Å². The van der Waals surface area contributed by atoms with E-state index in [-0.39, 0.29) is 11.5 Å². The van der Waals surface area contributed by atoms with Gasteiger partial charge in [0.25, 0.3) is 0 Å². The van der Waals surface area contributed by atoms with Crippen molar-refractivity contribution in [2.45, 2.75) is 44.4 Å². The predicted molar refractivity (Wildman–Crippen MR) is 45.2 cm³/mol. The van der Waals surface area contributed by atoms with E-state index in [1.54, 1.807) is 0 Å². The fourth-order valence-corrected chi connectivity index (χ4v) is 2.80. The van der Waals surface area contributed by atoms with E-state index in [2.05, 4.69) is 0 Å². The summed E-state index contributed by atoms with van der Waals surface area (Å²) in [6.07, 6.45) is 3.80. The topological polar surface area (TPSA) is 66.5 Å². The smallest absolute Gasteiger partial charge is 0.108 e. The largest absolute Gasteiger partial charge is 0.393 e. The maximum Gasteiger partial charge on any atom is 0.108 e. The molecule has 2 bridgehead atoms. The molecule has 0 radical (unpaired) electrons. The minimum atomic E-state index is -0.742. The molecule has 4 N–H and O–H groups in total. The summed E-state index contributed by atoms with van der Waals surface area (Å²) in [6.45, 7) is 0. The molecule has 0 heterocycles. The van der Waals surface area contributed by atoms with E-state index in [1.807, 2.05) is 0 Å². The molecule has 3 saturated carbocycles. The summed E-state index contributed by atoms with van der Waals surface area (Å²) >= 11 is 0. The lowest BCUT2D eigenvalue weighted by Gasteiger charge is -2.50. The van der Waals surface area contributed by atoms with Gasteiger partial charge in [-0.1, -0.05) is 0 Å². The summed E-state index contributed by atoms with van der Waals surface area (Å²) in [7, 11) is 0. The second kappa shape index (κ2) is 2.69. The monoisotopic (exact) mass is 171 g/mol. The van der Waals surface area contributed by atoms with Gasteiger partial charge in [0, 0.05) is 5.41 Å². The van der Waals surface area contributed by atoms with Crippen LogP contribution in [0.2, 0.25) is 0 Å². The standard InChI is InChI=1S/C9H17NO2/c10-8(12)9-3-1-6(2-4-9)7(11)5-9/h6-8,11-12H,1-5,10H2. The van der Waals surface area contributed by atoms with Gasteiger partial charge in [0.15, 0.2) is 0 Å². The average molecular weight is 171 g/mol. The zero-order valence-electron chi connectivity index (χ0n) is 7.24. The SMILES string of the molecule is NC(O)C12CCC(CC1)C(O)C2. The van der Waals surface area contributed by atoms with Gasteiger partial charge in [-0.05, 0) is 38.0 Å². The van der Waals surface area contributed by atoms with Crippen molar-refractivity contribution in [3.05, 3.63) is 0 Å². The molecule has 3 heteroatoms. The number of aliphatic hydroxyl groups excluding tert-OH is 2. The number of hydrogen-bond donors (Lipinski definition) is 3. The Morgan fingerprint density at radius 2 is 1.92 bits per heavy atom. The molecule has 0 aliphatic heterocycles. The summed E-state index contributed by atoms with van der Waals surface area (Å²) in [4.78, 5) is 0. The number of fused-ring (bicyclic) bond motifs is 3. The van der Waals surface area contributed by atoms with Crippen LogP contribution in [-0.2, 0) is 0 Å². The van der Waals surface area contributed by atoms with E-state index in [0.717, 1.165) is 25.7 Å². The van der Waals surface area contributed by atoms with Gasteiger partial charge < -0.3 is 15.9 Å². The van der Waals surface area contributed by atoms with Gasteiger partial charge in [0.2, 0.25) is 0 Å². The minimum absolute atomic E-state index is 0.159. The predicted octanol–water partition coefficient (Wildman–Crippen LogP) is 0.205. The van der Waals surface area contributed by atoms with Crippen molar-refractivity contribution in [3.8, 4) is 0 Å². The Hall–Kier alpha value is -0.120. The van der Waals surface area contributed by atoms with Gasteiger partial charge in [-0.15, -0.1) is 0 Å². The van der Waals surface area contributed by atoms with Gasteiger partial charge in [-0.3, -0.25) is 0 Å². The Bertz CT molecular complexity index is 173. The van der Waals surface area contributed by atoms with Crippen molar-refractivity contribution in [1.29, 1.82) is 0 Å². The molecule has 0 spiro atoms. The van der Waals surface area contributed by atoms with E-state index < -0.39 is 6.23 Å². The van der Waals surface area contributed by atoms with Crippen molar-refractivity contribution in [2.24, 2.45) is 17.1 Å². The summed E-state index contributed by atoms with van der Waals surface area (Å²) in [6, 6.07) is 0. The van der Waals surface area contributed by atoms with Crippen molar-refractivity contribution >= 4 is 0 Å². The Balaban J connectivity index is 2.16. The number of nitrogens with two attached hydrogens (primary N) is 1. The Kier molecular flexibility index (Phi) is 1.90. The average Bonchev–Trinajstić information content (AvgIpc) is 2.05. The maximum absolute atomic E-state index is 9.65. The zero-order valence-corrected chi connectivity index (χ0v) is 7.24. The summed E-state index contributed by atoms with van der Waals surface area (Å²) in [5.41, 5.74) is 5.39. The molecule has 2 atom stereocenters. The van der Waals surface area contributed by atoms with E-state index in [9.17, 15) is 10.2 Å². The zero-order chi connectivity index (χ0) is 8.77. The van der Waals surface area contributed by atoms with Crippen molar-refractivity contribution in [3.63, 3.8) is 0 Å². The molecule has 3 fully saturated rings. The Morgan fingerprint density at radius 1 is 1.33 bits per heavy atom. The first kappa shape index (κ1) is 8.48. The Morgan fingerprint density at radius 3 is 2.25 bits per heavy atom. The van der Waals surface area contributed by atoms with Crippen molar-refractivity contribution in [1.82, 2.24) is 0 Å². The third-order valence-electron chi connectivity index (χ3n) is 3.81. The molecule has 2 unspecified atom stereocenters. The van der Waals surface area contributed by atoms with Crippen LogP contribution in [0.25, 0.3) is 0 Å². The van der Waals surface area contributed by atoms with Crippen LogP contribution in [0, 0.1) is 11.3 Å². The third-order valence-corrected chi connectivity index (χ3v) is 3.81. The van der Waals surface area contributed by atoms with Crippen LogP contribution < -0.4 is 5.73 Å². The first-order valence-corrected chi connectivity index (χ1v) is 4.76. The third kappa shape index (κ3) is 1.08. The molecule has 0 amide bonds. The molecule has 12 heavy (non-hydrogen) atoms. The van der Waals surface area contributed by atoms with E-state index in [4.69, 9.17) is 5.73 Å². The molecular weight excluding hydrogens is 154 g/mol. The quantitative estimate of drug-likeness (QED) is 0.494. The van der Waals surface area contributed by atoms with E-state index >= 15 is 0 Å². The summed E-state index contributed by atoms with van der Waals surface area (Å²) in [5, 5.41) is 19.1. The summed E-state index contributed by atoms with van der Waals surface area (Å²) < 4.78 is 0. The first-order valence-electron chi connectivity index (χ1n) is 4.76. The molecule has 3 nitrogen and oxygen atoms in total. The van der Waals surface area contributed by atoms with Crippen molar-refractivity contribution < 1.29 is 10.2 Å². The molecule has 0 aromatic carbocycles. The molecular formula is C9H17NO2. The van der Waals surface area contributed by atoms with Crippen LogP contribution in [0.4, 0.5) is 0 Å². The highest BCUT2D eigenvalue weighted by atomic mass is 16.3. The number of rotatable bonds is 1. The molecule has 0 aromatic heterocycles. The highest BCUT2D eigenvalue weighted by molar-refractivity contribution is 4.98. The van der Waals surface area contributed by atoms with E-state index in [0.29, 0.717) is 12.3 Å². The second-order valence-corrected chi connectivity index (χ2v) is 4.42. The fourth-order valence-electron chi connectivity index (χ4n) is 2.80. The van der Waals surface area contributed by atoms with Crippen LogP contribution >= 0.6 is 0 Å². The Labute approximate surface area is 72.6 Å². The highest BCUT2D eigenvalue weighted by Gasteiger charge is 2.48. The van der Waals surface area contributed by atoms with Crippen LogP contribution in [0.5, 0.6) is 0 Å². The molecule has 3 aliphatic rings. The maximum atomic E-state index is 9.65. The second-order valence-electron chi connectivity index (χ2n) is 4.42. The lowest BCUT2D eigenvalue weighted by Crippen LogP contribution is -2.52. The van der Waals surface area contributed by atoms with Crippen LogP contribution in [0.3, 0.4) is 0 Å². The highest BCUT2D eigenvalue weighted by Crippen LogP contribution is 2.51. The molecule has 0 aromatic rings. The van der Waals surface area contributed by atoms with Crippen molar-refractivity contribution in [2.75, 3.05) is 0 Å². The summed E-state index contributed by atoms with van der Waals surface area (Å²) in [5.74, 6) is 0.477. The normalized spacial score (nSPS) is 49.2. The number of aliphatic hydroxyl groups is 2. The lowest BCUT2D eigenvalue weighted by atomic mass is 9.59. The van der Waals surface area contributed by atoms with Gasteiger partial charge in [-0.25, -0.2) is 0 Å². The van der Waals surface area contributed by atoms with Gasteiger partial charge >= 0.3 is 0 Å².